The van der Waals surface area contributed by atoms with Crippen molar-refractivity contribution in [3.05, 3.63) is 63.9 Å². The van der Waals surface area contributed by atoms with Crippen LogP contribution in [-0.4, -0.2) is 52.7 Å². The molecule has 4 atom stereocenters. The third-order valence-electron chi connectivity index (χ3n) is 6.03. The summed E-state index contributed by atoms with van der Waals surface area (Å²) in [5.41, 5.74) is 1.01. The highest BCUT2D eigenvalue weighted by atomic mass is 35.5. The van der Waals surface area contributed by atoms with Crippen molar-refractivity contribution in [3.8, 4) is 0 Å². The molecule has 0 spiro atoms. The summed E-state index contributed by atoms with van der Waals surface area (Å²) >= 11 is 6.22. The highest BCUT2D eigenvalue weighted by Gasteiger charge is 2.48. The van der Waals surface area contributed by atoms with Gasteiger partial charge in [-0.25, -0.2) is 4.39 Å². The van der Waals surface area contributed by atoms with Crippen LogP contribution in [0.5, 0.6) is 0 Å². The number of alkyl halides is 3. The lowest BCUT2D eigenvalue weighted by Gasteiger charge is -2.31. The summed E-state index contributed by atoms with van der Waals surface area (Å²) in [4.78, 5) is 26.4. The van der Waals surface area contributed by atoms with Gasteiger partial charge in [0.2, 0.25) is 5.91 Å². The van der Waals surface area contributed by atoms with E-state index in [-0.39, 0.29) is 34.8 Å². The van der Waals surface area contributed by atoms with Gasteiger partial charge in [-0.1, -0.05) is 17.7 Å². The Hall–Kier alpha value is -2.69. The van der Waals surface area contributed by atoms with Gasteiger partial charge in [-0.3, -0.25) is 14.5 Å². The van der Waals surface area contributed by atoms with Gasteiger partial charge in [0.25, 0.3) is 5.91 Å². The Bertz CT molecular complexity index is 1110. The number of aliphatic hydroxyl groups is 1. The summed E-state index contributed by atoms with van der Waals surface area (Å²) in [5, 5.41) is 15.4. The molecule has 0 bridgehead atoms. The van der Waals surface area contributed by atoms with Gasteiger partial charge in [-0.15, -0.1) is 0 Å². The molecule has 2 heterocycles. The van der Waals surface area contributed by atoms with E-state index in [0.29, 0.717) is 5.56 Å². The van der Waals surface area contributed by atoms with Gasteiger partial charge in [0, 0.05) is 33.9 Å². The number of rotatable bonds is 4. The maximum Gasteiger partial charge on any atom is 0.403 e. The number of nitrogens with zero attached hydrogens (tertiary/aromatic N) is 1. The van der Waals surface area contributed by atoms with Crippen LogP contribution < -0.4 is 10.6 Å². The zero-order chi connectivity index (χ0) is 24.1. The normalized spacial score (nSPS) is 23.8. The second-order valence-electron chi connectivity index (χ2n) is 8.15. The fourth-order valence-electron chi connectivity index (χ4n) is 4.36. The SMILES string of the molecule is CC(N1C[C@H](O)C[C@H]1C(=O)Nc1cccc2c1C(c1cc(F)ccc1Cl)NC2=O)C(F)(F)F. The molecule has 3 N–H and O–H groups in total. The molecule has 2 amide bonds. The average molecular weight is 486 g/mol. The number of anilines is 1. The second kappa shape index (κ2) is 8.58. The fraction of sp³-hybridized carbons (Fsp3) is 0.364. The van der Waals surface area contributed by atoms with Gasteiger partial charge >= 0.3 is 6.18 Å². The van der Waals surface area contributed by atoms with Crippen LogP contribution in [0.4, 0.5) is 23.2 Å². The molecule has 176 valence electrons. The Morgan fingerprint density at radius 1 is 1.30 bits per heavy atom. The smallest absolute Gasteiger partial charge is 0.392 e. The molecule has 2 aliphatic rings. The minimum Gasteiger partial charge on any atom is -0.392 e. The number of carbonyl (C=O) groups is 2. The lowest BCUT2D eigenvalue weighted by Crippen LogP contribution is -2.50. The van der Waals surface area contributed by atoms with E-state index in [0.717, 1.165) is 11.8 Å². The number of carbonyl (C=O) groups excluding carboxylic acids is 2. The van der Waals surface area contributed by atoms with Crippen LogP contribution in [-0.2, 0) is 4.79 Å². The third kappa shape index (κ3) is 4.42. The monoisotopic (exact) mass is 485 g/mol. The van der Waals surface area contributed by atoms with E-state index in [1.165, 1.54) is 36.4 Å². The van der Waals surface area contributed by atoms with Gasteiger partial charge in [0.1, 0.15) is 11.9 Å². The number of likely N-dealkylation sites (tertiary alicyclic amines) is 1. The number of halogens is 5. The molecule has 0 saturated carbocycles. The summed E-state index contributed by atoms with van der Waals surface area (Å²) in [6.07, 6.45) is -5.84. The van der Waals surface area contributed by atoms with Crippen LogP contribution in [0.15, 0.2) is 36.4 Å². The molecule has 2 aromatic rings. The van der Waals surface area contributed by atoms with Crippen LogP contribution in [0.3, 0.4) is 0 Å². The first kappa shape index (κ1) is 23.5. The van der Waals surface area contributed by atoms with Gasteiger partial charge in [0.05, 0.1) is 18.2 Å². The quantitative estimate of drug-likeness (QED) is 0.578. The van der Waals surface area contributed by atoms with Crippen molar-refractivity contribution in [2.45, 2.75) is 43.8 Å². The molecule has 11 heteroatoms. The van der Waals surface area contributed by atoms with Crippen molar-refractivity contribution < 1.29 is 32.3 Å². The topological polar surface area (TPSA) is 81.7 Å². The highest BCUT2D eigenvalue weighted by Crippen LogP contribution is 2.39. The van der Waals surface area contributed by atoms with E-state index in [4.69, 9.17) is 11.6 Å². The molecule has 4 rings (SSSR count). The fourth-order valence-corrected chi connectivity index (χ4v) is 4.59. The number of β-amino-alcohol motifs (C(OH)–C–C–N with tert-alkyl or cyclic N) is 1. The minimum absolute atomic E-state index is 0.169. The second-order valence-corrected chi connectivity index (χ2v) is 8.56. The minimum atomic E-state index is -4.58. The van der Waals surface area contributed by atoms with Crippen molar-refractivity contribution in [3.63, 3.8) is 0 Å². The van der Waals surface area contributed by atoms with E-state index >= 15 is 0 Å². The molecule has 2 aliphatic heterocycles. The standard InChI is InChI=1S/C22H20ClF4N3O3/c1-10(22(25,26)27)30-9-12(31)8-17(30)21(33)28-16-4-2-3-13-18(16)19(29-20(13)32)14-7-11(24)5-6-15(14)23/h2-7,10,12,17,19,31H,8-9H2,1H3,(H,28,33)(H,29,32)/t10?,12-,17+,19?/m1/s1. The lowest BCUT2D eigenvalue weighted by molar-refractivity contribution is -0.181. The maximum absolute atomic E-state index is 13.9. The summed E-state index contributed by atoms with van der Waals surface area (Å²) < 4.78 is 53.7. The molecule has 33 heavy (non-hydrogen) atoms. The van der Waals surface area contributed by atoms with Crippen LogP contribution >= 0.6 is 11.6 Å². The van der Waals surface area contributed by atoms with Crippen molar-refractivity contribution in [1.29, 1.82) is 0 Å². The summed E-state index contributed by atoms with van der Waals surface area (Å²) in [7, 11) is 0. The maximum atomic E-state index is 13.9. The van der Waals surface area contributed by atoms with Gasteiger partial charge in [0.15, 0.2) is 0 Å². The Morgan fingerprint density at radius 3 is 2.73 bits per heavy atom. The Kier molecular flexibility index (Phi) is 6.10. The Morgan fingerprint density at radius 2 is 2.03 bits per heavy atom. The molecular formula is C22H20ClF4N3O3. The number of hydrogen-bond donors (Lipinski definition) is 3. The van der Waals surface area contributed by atoms with Crippen molar-refractivity contribution >= 4 is 29.1 Å². The zero-order valence-electron chi connectivity index (χ0n) is 17.3. The summed E-state index contributed by atoms with van der Waals surface area (Å²) in [5.74, 6) is -1.79. The Balaban J connectivity index is 1.67. The van der Waals surface area contributed by atoms with Gasteiger partial charge in [-0.05, 0) is 43.7 Å². The number of benzene rings is 2. The predicted octanol–water partition coefficient (Wildman–Crippen LogP) is 3.64. The predicted molar refractivity (Wildman–Crippen MR) is 112 cm³/mol. The number of fused-ring (bicyclic) bond motifs is 1. The van der Waals surface area contributed by atoms with E-state index < -0.39 is 48.0 Å². The molecule has 0 radical (unpaired) electrons. The number of nitrogens with one attached hydrogen (secondary N) is 2. The third-order valence-corrected chi connectivity index (χ3v) is 6.38. The highest BCUT2D eigenvalue weighted by molar-refractivity contribution is 6.31. The van der Waals surface area contributed by atoms with Crippen LogP contribution in [0.1, 0.15) is 40.9 Å². The Labute approximate surface area is 191 Å². The molecule has 0 aromatic heterocycles. The van der Waals surface area contributed by atoms with Crippen molar-refractivity contribution in [1.82, 2.24) is 10.2 Å². The van der Waals surface area contributed by atoms with Crippen LogP contribution in [0, 0.1) is 5.82 Å². The molecule has 2 unspecified atom stereocenters. The van der Waals surface area contributed by atoms with E-state index in [1.54, 1.807) is 0 Å². The number of amides is 2. The molecule has 1 fully saturated rings. The first-order valence-corrected chi connectivity index (χ1v) is 10.5. The van der Waals surface area contributed by atoms with Crippen LogP contribution in [0.25, 0.3) is 0 Å². The lowest BCUT2D eigenvalue weighted by atomic mass is 9.96. The summed E-state index contributed by atoms with van der Waals surface area (Å²) in [6.45, 7) is 0.635. The molecule has 0 aliphatic carbocycles. The van der Waals surface area contributed by atoms with E-state index in [2.05, 4.69) is 10.6 Å². The average Bonchev–Trinajstić information content (AvgIpc) is 3.29. The van der Waals surface area contributed by atoms with E-state index in [1.807, 2.05) is 0 Å². The molecular weight excluding hydrogens is 466 g/mol. The zero-order valence-corrected chi connectivity index (χ0v) is 18.0. The first-order chi connectivity index (χ1) is 15.5. The van der Waals surface area contributed by atoms with Crippen molar-refractivity contribution in [2.75, 3.05) is 11.9 Å². The van der Waals surface area contributed by atoms with Crippen LogP contribution in [0.2, 0.25) is 5.02 Å². The van der Waals surface area contributed by atoms with Gasteiger partial charge in [-0.2, -0.15) is 13.2 Å². The molecule has 1 saturated heterocycles. The number of hydrogen-bond acceptors (Lipinski definition) is 4. The largest absolute Gasteiger partial charge is 0.403 e. The van der Waals surface area contributed by atoms with Gasteiger partial charge < -0.3 is 15.7 Å². The van der Waals surface area contributed by atoms with E-state index in [9.17, 15) is 32.3 Å². The summed E-state index contributed by atoms with van der Waals surface area (Å²) in [6, 6.07) is 4.18. The molecule has 2 aromatic carbocycles. The molecule has 6 nitrogen and oxygen atoms in total. The first-order valence-electron chi connectivity index (χ1n) is 10.2. The number of aliphatic hydroxyl groups excluding tert-OH is 1. The van der Waals surface area contributed by atoms with Crippen molar-refractivity contribution in [2.24, 2.45) is 0 Å².